The molecular formula is C24H37N7O. The monoisotopic (exact) mass is 439 g/mol. The predicted octanol–water partition coefficient (Wildman–Crippen LogP) is 2.88. The second-order valence-corrected chi connectivity index (χ2v) is 9.03. The molecule has 0 radical (unpaired) electrons. The van der Waals surface area contributed by atoms with Gasteiger partial charge in [-0.15, -0.1) is 0 Å². The quantitative estimate of drug-likeness (QED) is 0.605. The van der Waals surface area contributed by atoms with Crippen molar-refractivity contribution in [3.8, 4) is 5.95 Å². The number of likely N-dealkylation sites (tertiary alicyclic amines) is 1. The Hall–Kier alpha value is -2.48. The van der Waals surface area contributed by atoms with E-state index in [0.717, 1.165) is 63.3 Å². The summed E-state index contributed by atoms with van der Waals surface area (Å²) < 4.78 is 1.85. The van der Waals surface area contributed by atoms with Crippen molar-refractivity contribution in [3.63, 3.8) is 0 Å². The maximum Gasteiger partial charge on any atom is 0.237 e. The van der Waals surface area contributed by atoms with Gasteiger partial charge in [-0.25, -0.2) is 9.97 Å². The van der Waals surface area contributed by atoms with Crippen LogP contribution in [0.15, 0.2) is 18.7 Å². The molecule has 174 valence electrons. The first-order valence-electron chi connectivity index (χ1n) is 12.3. The molecule has 32 heavy (non-hydrogen) atoms. The smallest absolute Gasteiger partial charge is 0.237 e. The Kier molecular flexibility index (Phi) is 7.73. The Bertz CT molecular complexity index is 877. The van der Waals surface area contributed by atoms with Crippen LogP contribution < -0.4 is 10.2 Å². The van der Waals surface area contributed by atoms with Crippen LogP contribution in [0.1, 0.15) is 63.1 Å². The summed E-state index contributed by atoms with van der Waals surface area (Å²) in [5.74, 6) is 1.78. The number of piperidine rings is 1. The topological polar surface area (TPSA) is 79.2 Å². The summed E-state index contributed by atoms with van der Waals surface area (Å²) in [5.41, 5.74) is 2.17. The van der Waals surface area contributed by atoms with E-state index < -0.39 is 0 Å². The number of carbonyl (C=O) groups excluding carboxylic acids is 1. The molecule has 2 fully saturated rings. The molecule has 2 aliphatic rings. The summed E-state index contributed by atoms with van der Waals surface area (Å²) in [7, 11) is 0. The van der Waals surface area contributed by atoms with E-state index in [9.17, 15) is 4.79 Å². The Morgan fingerprint density at radius 3 is 2.72 bits per heavy atom. The highest BCUT2D eigenvalue weighted by molar-refractivity contribution is 5.77. The van der Waals surface area contributed by atoms with Gasteiger partial charge in [-0.1, -0.05) is 6.92 Å². The van der Waals surface area contributed by atoms with E-state index in [0.29, 0.717) is 12.4 Å². The van der Waals surface area contributed by atoms with E-state index in [1.54, 1.807) is 12.5 Å². The van der Waals surface area contributed by atoms with Gasteiger partial charge in [0.25, 0.3) is 0 Å². The maximum absolute atomic E-state index is 12.8. The second kappa shape index (κ2) is 10.9. The van der Waals surface area contributed by atoms with Crippen LogP contribution in [0.3, 0.4) is 0 Å². The molecule has 8 heteroatoms. The van der Waals surface area contributed by atoms with Crippen LogP contribution >= 0.6 is 0 Å². The van der Waals surface area contributed by atoms with Gasteiger partial charge in [-0.05, 0) is 71.5 Å². The summed E-state index contributed by atoms with van der Waals surface area (Å²) >= 11 is 0. The molecule has 0 bridgehead atoms. The Morgan fingerprint density at radius 2 is 1.97 bits per heavy atom. The van der Waals surface area contributed by atoms with Gasteiger partial charge in [-0.2, -0.15) is 4.98 Å². The molecule has 1 N–H and O–H groups in total. The molecule has 2 saturated heterocycles. The van der Waals surface area contributed by atoms with E-state index in [1.165, 1.54) is 31.5 Å². The summed E-state index contributed by atoms with van der Waals surface area (Å²) in [6, 6.07) is 0.178. The number of aromatic nitrogens is 4. The molecule has 4 rings (SSSR count). The zero-order valence-corrected chi connectivity index (χ0v) is 19.6. The molecule has 4 heterocycles. The minimum absolute atomic E-state index is 0.155. The van der Waals surface area contributed by atoms with Crippen molar-refractivity contribution in [2.75, 3.05) is 37.6 Å². The average molecular weight is 440 g/mol. The van der Waals surface area contributed by atoms with Gasteiger partial charge in [0, 0.05) is 49.2 Å². The highest BCUT2D eigenvalue weighted by Crippen LogP contribution is 2.30. The molecular weight excluding hydrogens is 402 g/mol. The first-order valence-corrected chi connectivity index (χ1v) is 12.3. The highest BCUT2D eigenvalue weighted by Gasteiger charge is 2.28. The summed E-state index contributed by atoms with van der Waals surface area (Å²) in [6.07, 6.45) is 13.7. The lowest BCUT2D eigenvalue weighted by Gasteiger charge is -2.37. The molecule has 0 saturated carbocycles. The highest BCUT2D eigenvalue weighted by atomic mass is 16.1. The fraction of sp³-hybridized carbons (Fsp3) is 0.667. The van der Waals surface area contributed by atoms with Crippen LogP contribution in [-0.4, -0.2) is 69.1 Å². The van der Waals surface area contributed by atoms with Crippen LogP contribution in [0, 0.1) is 6.92 Å². The fourth-order valence-electron chi connectivity index (χ4n) is 5.03. The Labute approximate surface area is 191 Å². The molecule has 2 aromatic rings. The summed E-state index contributed by atoms with van der Waals surface area (Å²) in [5, 5.41) is 3.16. The van der Waals surface area contributed by atoms with Crippen LogP contribution in [0.25, 0.3) is 5.95 Å². The number of aryl methyl sites for hydroxylation is 1. The van der Waals surface area contributed by atoms with E-state index >= 15 is 0 Å². The van der Waals surface area contributed by atoms with Crippen molar-refractivity contribution in [2.24, 2.45) is 0 Å². The van der Waals surface area contributed by atoms with Crippen molar-refractivity contribution >= 4 is 11.7 Å². The van der Waals surface area contributed by atoms with Crippen LogP contribution in [0.4, 0.5) is 5.82 Å². The van der Waals surface area contributed by atoms with Crippen molar-refractivity contribution in [3.05, 3.63) is 30.0 Å². The first kappa shape index (κ1) is 22.7. The normalized spacial score (nSPS) is 19.4. The number of hydrogen-bond acceptors (Lipinski definition) is 6. The number of nitrogens with zero attached hydrogens (tertiary/aromatic N) is 6. The van der Waals surface area contributed by atoms with E-state index in [1.807, 2.05) is 10.8 Å². The van der Waals surface area contributed by atoms with Gasteiger partial charge >= 0.3 is 0 Å². The van der Waals surface area contributed by atoms with Gasteiger partial charge in [-0.3, -0.25) is 9.36 Å². The third-order valence-electron chi connectivity index (χ3n) is 6.76. The molecule has 0 aromatic carbocycles. The van der Waals surface area contributed by atoms with Gasteiger partial charge in [0.2, 0.25) is 11.9 Å². The molecule has 1 amide bonds. The molecule has 0 spiro atoms. The first-order chi connectivity index (χ1) is 15.7. The third-order valence-corrected chi connectivity index (χ3v) is 6.76. The van der Waals surface area contributed by atoms with Gasteiger partial charge in [0.05, 0.1) is 0 Å². The predicted molar refractivity (Wildman–Crippen MR) is 126 cm³/mol. The van der Waals surface area contributed by atoms with Crippen molar-refractivity contribution in [2.45, 2.75) is 71.3 Å². The molecule has 2 aromatic heterocycles. The Morgan fingerprint density at radius 1 is 1.16 bits per heavy atom. The third kappa shape index (κ3) is 5.46. The number of anilines is 1. The van der Waals surface area contributed by atoms with Crippen molar-refractivity contribution in [1.82, 2.24) is 29.7 Å². The molecule has 1 unspecified atom stereocenters. The maximum atomic E-state index is 12.8. The van der Waals surface area contributed by atoms with E-state index in [2.05, 4.69) is 33.9 Å². The lowest BCUT2D eigenvalue weighted by atomic mass is 9.97. The number of amides is 1. The molecule has 0 aliphatic carbocycles. The lowest BCUT2D eigenvalue weighted by Crippen LogP contribution is -2.44. The van der Waals surface area contributed by atoms with Gasteiger partial charge < -0.3 is 15.1 Å². The van der Waals surface area contributed by atoms with Gasteiger partial charge in [0.15, 0.2) is 0 Å². The second-order valence-electron chi connectivity index (χ2n) is 9.03. The van der Waals surface area contributed by atoms with Crippen LogP contribution in [-0.2, 0) is 11.2 Å². The van der Waals surface area contributed by atoms with Crippen molar-refractivity contribution < 1.29 is 4.79 Å². The van der Waals surface area contributed by atoms with Crippen LogP contribution in [0.2, 0.25) is 0 Å². The fourth-order valence-corrected chi connectivity index (χ4v) is 5.03. The number of imidazole rings is 1. The largest absolute Gasteiger partial charge is 0.356 e. The zero-order valence-electron chi connectivity index (χ0n) is 19.6. The van der Waals surface area contributed by atoms with E-state index in [-0.39, 0.29) is 11.9 Å². The minimum atomic E-state index is 0.155. The molecule has 1 atom stereocenters. The summed E-state index contributed by atoms with van der Waals surface area (Å²) in [6.45, 7) is 9.41. The molecule has 8 nitrogen and oxygen atoms in total. The minimum Gasteiger partial charge on any atom is -0.356 e. The lowest BCUT2D eigenvalue weighted by molar-refractivity contribution is -0.121. The summed E-state index contributed by atoms with van der Waals surface area (Å²) in [4.78, 5) is 31.4. The number of hydrogen-bond donors (Lipinski definition) is 1. The number of rotatable bonds is 9. The van der Waals surface area contributed by atoms with E-state index in [4.69, 9.17) is 9.97 Å². The van der Waals surface area contributed by atoms with Crippen molar-refractivity contribution in [1.29, 1.82) is 0 Å². The SMILES string of the molecule is CCc1c(C)nc(-n2ccnc2)nc1N1CCCCC1CC(=O)NCCCN1CCCC1. The van der Waals surface area contributed by atoms with Crippen LogP contribution in [0.5, 0.6) is 0 Å². The Balaban J connectivity index is 1.43. The average Bonchev–Trinajstić information content (AvgIpc) is 3.51. The zero-order chi connectivity index (χ0) is 22.3. The van der Waals surface area contributed by atoms with Gasteiger partial charge in [0.1, 0.15) is 12.1 Å². The number of carbonyl (C=O) groups is 1. The number of nitrogens with one attached hydrogen (secondary N) is 1. The standard InChI is InChI=1S/C24H37N7O/c1-3-21-19(2)27-24(30-16-11-25-18-30)28-23(21)31-15-5-4-9-20(31)17-22(32)26-10-8-14-29-12-6-7-13-29/h11,16,18,20H,3-10,12-15,17H2,1-2H3,(H,26,32). The molecule has 2 aliphatic heterocycles.